The van der Waals surface area contributed by atoms with Gasteiger partial charge < -0.3 is 9.84 Å². The molecule has 2 rings (SSSR count). The Labute approximate surface area is 107 Å². The molecule has 0 bridgehead atoms. The maximum Gasteiger partial charge on any atom is 0.427 e. The van der Waals surface area contributed by atoms with E-state index in [1.165, 1.54) is 10.8 Å². The monoisotopic (exact) mass is 266 g/mol. The van der Waals surface area contributed by atoms with Crippen LogP contribution in [0.25, 0.3) is 10.4 Å². The minimum Gasteiger partial charge on any atom is -0.394 e. The van der Waals surface area contributed by atoms with E-state index in [0.29, 0.717) is 23.1 Å². The van der Waals surface area contributed by atoms with Crippen LogP contribution in [0, 0.1) is 12.3 Å². The third-order valence-electron chi connectivity index (χ3n) is 3.05. The van der Waals surface area contributed by atoms with Crippen molar-refractivity contribution in [2.45, 2.75) is 32.1 Å². The van der Waals surface area contributed by atoms with Gasteiger partial charge >= 0.3 is 5.69 Å². The van der Waals surface area contributed by atoms with E-state index >= 15 is 0 Å². The minimum absolute atomic E-state index is 0.100. The summed E-state index contributed by atoms with van der Waals surface area (Å²) < 4.78 is 7.48. The molecule has 9 heteroatoms. The molecule has 2 atom stereocenters. The van der Waals surface area contributed by atoms with Crippen molar-refractivity contribution in [3.8, 4) is 0 Å². The number of aliphatic hydroxyl groups is 1. The number of aliphatic hydroxyl groups excluding tert-OH is 1. The van der Waals surface area contributed by atoms with Crippen LogP contribution in [0.15, 0.2) is 16.2 Å². The molecule has 2 heterocycles. The highest BCUT2D eigenvalue weighted by Crippen LogP contribution is 2.26. The number of ether oxygens (including phenoxy) is 1. The Morgan fingerprint density at radius 2 is 2.42 bits per heavy atom. The summed E-state index contributed by atoms with van der Waals surface area (Å²) in [5, 5.41) is 19.9. The first-order chi connectivity index (χ1) is 9.08. The van der Waals surface area contributed by atoms with Gasteiger partial charge in [0.15, 0.2) is 0 Å². The molecule has 1 saturated heterocycles. The first-order valence-electron chi connectivity index (χ1n) is 5.79. The Morgan fingerprint density at radius 3 is 3.00 bits per heavy atom. The molecular weight excluding hydrogens is 252 g/mol. The van der Waals surface area contributed by atoms with Gasteiger partial charge in [0.1, 0.15) is 6.23 Å². The standard InChI is InChI=1S/C10H14N6O3/c1-6-4-15(8-3-2-7(5-17)19-8)10(18)16(9(6)11)14-13-12/h4,7-8,11,17H,2-3,5H2,1H3/t7-,8+/m0/s1. The normalized spacial score (nSPS) is 22.2. The van der Waals surface area contributed by atoms with Crippen molar-refractivity contribution in [3.05, 3.63) is 38.2 Å². The summed E-state index contributed by atoms with van der Waals surface area (Å²) in [4.78, 5) is 14.7. The van der Waals surface area contributed by atoms with Crippen molar-refractivity contribution in [2.75, 3.05) is 6.61 Å². The number of hydrogen-bond donors (Lipinski definition) is 2. The fourth-order valence-corrected chi connectivity index (χ4v) is 2.05. The molecule has 9 nitrogen and oxygen atoms in total. The molecule has 1 aromatic rings. The molecule has 0 saturated carbocycles. The van der Waals surface area contributed by atoms with Crippen LogP contribution in [0.1, 0.15) is 24.6 Å². The summed E-state index contributed by atoms with van der Waals surface area (Å²) in [5.74, 6) is 0. The molecule has 102 valence electrons. The molecule has 0 amide bonds. The van der Waals surface area contributed by atoms with E-state index in [-0.39, 0.29) is 18.2 Å². The van der Waals surface area contributed by atoms with Crippen molar-refractivity contribution < 1.29 is 9.84 Å². The molecular formula is C10H14N6O3. The number of hydrogen-bond acceptors (Lipinski definition) is 5. The lowest BCUT2D eigenvalue weighted by Crippen LogP contribution is -2.40. The van der Waals surface area contributed by atoms with Gasteiger partial charge in [-0.2, -0.15) is 4.91 Å². The number of rotatable bonds is 3. The highest BCUT2D eigenvalue weighted by molar-refractivity contribution is 5.01. The molecule has 2 N–H and O–H groups in total. The predicted molar refractivity (Wildman–Crippen MR) is 64.1 cm³/mol. The third-order valence-corrected chi connectivity index (χ3v) is 3.05. The average molecular weight is 266 g/mol. The molecule has 0 aliphatic carbocycles. The van der Waals surface area contributed by atoms with E-state index in [9.17, 15) is 4.79 Å². The molecule has 19 heavy (non-hydrogen) atoms. The number of aromatic nitrogens is 2. The molecule has 1 aliphatic rings. The lowest BCUT2D eigenvalue weighted by atomic mass is 10.2. The summed E-state index contributed by atoms with van der Waals surface area (Å²) >= 11 is 0. The highest BCUT2D eigenvalue weighted by Gasteiger charge is 2.28. The van der Waals surface area contributed by atoms with Crippen LogP contribution in [0.2, 0.25) is 0 Å². The van der Waals surface area contributed by atoms with Gasteiger partial charge in [0.05, 0.1) is 12.7 Å². The van der Waals surface area contributed by atoms with Crippen molar-refractivity contribution in [1.82, 2.24) is 9.24 Å². The zero-order valence-electron chi connectivity index (χ0n) is 10.4. The summed E-state index contributed by atoms with van der Waals surface area (Å²) in [5.41, 5.74) is 8.14. The van der Waals surface area contributed by atoms with E-state index in [2.05, 4.69) is 10.1 Å². The average Bonchev–Trinajstić information content (AvgIpc) is 2.87. The van der Waals surface area contributed by atoms with Crippen LogP contribution in [0.3, 0.4) is 0 Å². The van der Waals surface area contributed by atoms with E-state index < -0.39 is 11.9 Å². The number of azide groups is 1. The Balaban J connectivity index is 2.51. The van der Waals surface area contributed by atoms with Gasteiger partial charge in [-0.25, -0.2) is 4.79 Å². The number of nitrogens with zero attached hydrogens (tertiary/aromatic N) is 5. The number of aryl methyl sites for hydroxylation is 1. The molecule has 0 radical (unpaired) electrons. The second-order valence-corrected chi connectivity index (χ2v) is 4.31. The van der Waals surface area contributed by atoms with Crippen molar-refractivity contribution in [3.63, 3.8) is 0 Å². The van der Waals surface area contributed by atoms with Crippen molar-refractivity contribution >= 4 is 0 Å². The highest BCUT2D eigenvalue weighted by atomic mass is 16.5. The van der Waals surface area contributed by atoms with E-state index in [4.69, 9.17) is 20.8 Å². The Morgan fingerprint density at radius 1 is 1.68 bits per heavy atom. The smallest absolute Gasteiger partial charge is 0.394 e. The van der Waals surface area contributed by atoms with Crippen LogP contribution in [-0.2, 0) is 4.74 Å². The molecule has 1 aromatic heterocycles. The van der Waals surface area contributed by atoms with Gasteiger partial charge in [0.2, 0.25) is 5.49 Å². The van der Waals surface area contributed by atoms with Crippen LogP contribution in [-0.4, -0.2) is 27.1 Å². The number of nitrogens with one attached hydrogen (secondary N) is 1. The quantitative estimate of drug-likeness (QED) is 0.459. The minimum atomic E-state index is -0.628. The first-order valence-corrected chi connectivity index (χ1v) is 5.79. The Kier molecular flexibility index (Phi) is 3.70. The predicted octanol–water partition coefficient (Wildman–Crippen LogP) is 0.181. The Hall–Kier alpha value is -2.09. The Bertz CT molecular complexity index is 642. The van der Waals surface area contributed by atoms with Gasteiger partial charge in [-0.15, -0.1) is 10.2 Å². The summed E-state index contributed by atoms with van der Waals surface area (Å²) in [7, 11) is 0. The van der Waals surface area contributed by atoms with Crippen LogP contribution in [0.5, 0.6) is 0 Å². The lowest BCUT2D eigenvalue weighted by Gasteiger charge is -2.15. The molecule has 0 aromatic carbocycles. The van der Waals surface area contributed by atoms with Crippen molar-refractivity contribution in [2.24, 2.45) is 5.22 Å². The fraction of sp³-hybridized carbons (Fsp3) is 0.600. The zero-order chi connectivity index (χ0) is 14.0. The lowest BCUT2D eigenvalue weighted by molar-refractivity contribution is -0.0253. The van der Waals surface area contributed by atoms with Gasteiger partial charge in [-0.05, 0) is 25.0 Å². The fourth-order valence-electron chi connectivity index (χ4n) is 2.05. The van der Waals surface area contributed by atoms with Gasteiger partial charge in [0, 0.05) is 11.8 Å². The van der Waals surface area contributed by atoms with E-state index in [1.807, 2.05) is 0 Å². The maximum atomic E-state index is 12.1. The van der Waals surface area contributed by atoms with Crippen LogP contribution >= 0.6 is 0 Å². The first kappa shape index (κ1) is 13.3. The van der Waals surface area contributed by atoms with Crippen LogP contribution < -0.4 is 11.2 Å². The van der Waals surface area contributed by atoms with Gasteiger partial charge in [0.25, 0.3) is 0 Å². The second kappa shape index (κ2) is 5.27. The largest absolute Gasteiger partial charge is 0.427 e. The zero-order valence-corrected chi connectivity index (χ0v) is 10.4. The van der Waals surface area contributed by atoms with E-state index in [1.54, 1.807) is 6.92 Å². The summed E-state index contributed by atoms with van der Waals surface area (Å²) in [6.07, 6.45) is 1.93. The van der Waals surface area contributed by atoms with Gasteiger partial charge in [-0.3, -0.25) is 9.98 Å². The SMILES string of the molecule is Cc1cn([C@H]2CC[C@@H](CO)O2)c(=O)n(N=[N+]=[N-])c1=N. The molecule has 1 aliphatic heterocycles. The van der Waals surface area contributed by atoms with E-state index in [0.717, 1.165) is 0 Å². The van der Waals surface area contributed by atoms with Gasteiger partial charge in [-0.1, -0.05) is 0 Å². The summed E-state index contributed by atoms with van der Waals surface area (Å²) in [6.45, 7) is 1.54. The van der Waals surface area contributed by atoms with Crippen molar-refractivity contribution in [1.29, 1.82) is 5.41 Å². The maximum absolute atomic E-state index is 12.1. The molecule has 1 fully saturated rings. The second-order valence-electron chi connectivity index (χ2n) is 4.31. The molecule has 0 spiro atoms. The topological polar surface area (TPSA) is 129 Å². The summed E-state index contributed by atoms with van der Waals surface area (Å²) in [6, 6.07) is 0. The third kappa shape index (κ3) is 2.39. The molecule has 0 unspecified atom stereocenters. The van der Waals surface area contributed by atoms with Crippen LogP contribution in [0.4, 0.5) is 0 Å².